The lowest BCUT2D eigenvalue weighted by Gasteiger charge is -2.06. The molecule has 0 unspecified atom stereocenters. The van der Waals surface area contributed by atoms with Crippen LogP contribution in [0.4, 0.5) is 5.69 Å². The molecule has 5 N–H and O–H groups in total. The Bertz CT molecular complexity index is 1040. The van der Waals surface area contributed by atoms with E-state index in [2.05, 4.69) is 5.10 Å². The van der Waals surface area contributed by atoms with Crippen LogP contribution >= 0.6 is 23.2 Å². The quantitative estimate of drug-likeness (QED) is 0.175. The zero-order valence-corrected chi connectivity index (χ0v) is 17.0. The largest absolute Gasteiger partial charge is 0.367 e. The van der Waals surface area contributed by atoms with Gasteiger partial charge in [-0.25, -0.2) is 0 Å². The average molecular weight is 464 g/mol. The van der Waals surface area contributed by atoms with Crippen LogP contribution in [0, 0.1) is 22.4 Å². The summed E-state index contributed by atoms with van der Waals surface area (Å²) in [6, 6.07) is 8.44. The first-order valence-corrected chi connectivity index (χ1v) is 9.57. The number of hydrogen-bond acceptors (Lipinski definition) is 7. The van der Waals surface area contributed by atoms with Crippen molar-refractivity contribution in [1.29, 1.82) is 5.41 Å². The van der Waals surface area contributed by atoms with Gasteiger partial charge in [-0.1, -0.05) is 40.9 Å². The van der Waals surface area contributed by atoms with Gasteiger partial charge >= 0.3 is 0 Å². The minimum Gasteiger partial charge on any atom is -0.367 e. The molecular formula is C15H15Cl2N5O6S. The predicted molar refractivity (Wildman–Crippen MR) is 107 cm³/mol. The van der Waals surface area contributed by atoms with E-state index in [1.165, 1.54) is 24.3 Å². The Morgan fingerprint density at radius 1 is 1.31 bits per heavy atom. The van der Waals surface area contributed by atoms with Gasteiger partial charge in [0.05, 0.1) is 21.6 Å². The number of hydrogen-bond donors (Lipinski definition) is 4. The van der Waals surface area contributed by atoms with Gasteiger partial charge in [0, 0.05) is 5.02 Å². The highest BCUT2D eigenvalue weighted by atomic mass is 35.5. The highest BCUT2D eigenvalue weighted by molar-refractivity contribution is 7.85. The first-order valence-electron chi connectivity index (χ1n) is 7.37. The van der Waals surface area contributed by atoms with Crippen molar-refractivity contribution < 1.29 is 23.1 Å². The molecule has 2 aromatic rings. The van der Waals surface area contributed by atoms with Crippen LogP contribution in [0.25, 0.3) is 0 Å². The number of aryl methyl sites for hydroxylation is 1. The molecule has 0 aliphatic heterocycles. The molecule has 0 amide bonds. The van der Waals surface area contributed by atoms with E-state index in [1.54, 1.807) is 12.1 Å². The van der Waals surface area contributed by atoms with Gasteiger partial charge in [-0.2, -0.15) is 13.5 Å². The fraction of sp³-hybridized carbons (Fsp3) is 0.0667. The zero-order chi connectivity index (χ0) is 22.4. The van der Waals surface area contributed by atoms with Gasteiger partial charge in [-0.05, 0) is 31.2 Å². The highest BCUT2D eigenvalue weighted by Gasteiger charge is 2.19. The van der Waals surface area contributed by atoms with E-state index in [1.807, 2.05) is 6.92 Å². The summed E-state index contributed by atoms with van der Waals surface area (Å²) < 4.78 is 29.6. The fourth-order valence-corrected chi connectivity index (χ4v) is 2.82. The Morgan fingerprint density at radius 3 is 2.31 bits per heavy atom. The number of guanidine groups is 1. The van der Waals surface area contributed by atoms with Crippen LogP contribution in [0.3, 0.4) is 0 Å². The third-order valence-corrected chi connectivity index (χ3v) is 4.45. The number of nitro groups is 1. The van der Waals surface area contributed by atoms with Crippen molar-refractivity contribution in [2.75, 3.05) is 0 Å². The summed E-state index contributed by atoms with van der Waals surface area (Å²) in [5, 5.41) is 30.0. The van der Waals surface area contributed by atoms with Gasteiger partial charge in [0.25, 0.3) is 15.8 Å². The van der Waals surface area contributed by atoms with E-state index in [0.717, 1.165) is 11.8 Å². The zero-order valence-electron chi connectivity index (χ0n) is 14.7. The maximum atomic E-state index is 10.8. The number of rotatable bonds is 4. The Labute approximate surface area is 175 Å². The molecule has 0 heterocycles. The Kier molecular flexibility index (Phi) is 8.48. The molecule has 0 aliphatic rings. The molecule has 156 valence electrons. The number of nitro benzene ring substituents is 1. The molecule has 29 heavy (non-hydrogen) atoms. The molecule has 14 heteroatoms. The molecule has 0 radical (unpaired) electrons. The fourth-order valence-electron chi connectivity index (χ4n) is 1.77. The summed E-state index contributed by atoms with van der Waals surface area (Å²) in [4.78, 5) is 10.0. The van der Waals surface area contributed by atoms with Crippen LogP contribution in [-0.2, 0) is 10.1 Å². The van der Waals surface area contributed by atoms with Crippen LogP contribution in [0.5, 0.6) is 0 Å². The van der Waals surface area contributed by atoms with Crippen LogP contribution in [0.2, 0.25) is 10.0 Å². The van der Waals surface area contributed by atoms with Crippen molar-refractivity contribution in [3.63, 3.8) is 0 Å². The van der Waals surface area contributed by atoms with E-state index < -0.39 is 26.7 Å². The molecule has 2 rings (SSSR count). The van der Waals surface area contributed by atoms with E-state index in [9.17, 15) is 18.5 Å². The number of hydroxylamine groups is 1. The van der Waals surface area contributed by atoms with Crippen molar-refractivity contribution in [3.8, 4) is 0 Å². The molecule has 11 nitrogen and oxygen atoms in total. The third kappa shape index (κ3) is 7.63. The van der Waals surface area contributed by atoms with Crippen LogP contribution in [0.1, 0.15) is 11.1 Å². The number of halogens is 2. The van der Waals surface area contributed by atoms with Crippen molar-refractivity contribution in [2.24, 2.45) is 10.8 Å². The summed E-state index contributed by atoms with van der Waals surface area (Å²) in [6.07, 6.45) is 0.914. The number of nitrogens with one attached hydrogen (secondary N) is 1. The molecule has 0 aromatic heterocycles. The number of hydrazone groups is 1. The number of nitrogens with zero attached hydrogens (tertiary/aromatic N) is 3. The maximum absolute atomic E-state index is 10.8. The first-order chi connectivity index (χ1) is 13.3. The monoisotopic (exact) mass is 463 g/mol. The minimum absolute atomic E-state index is 0.0298. The molecule has 0 saturated carbocycles. The molecular weight excluding hydrogens is 449 g/mol. The molecule has 0 fully saturated rings. The minimum atomic E-state index is -4.02. The third-order valence-electron chi connectivity index (χ3n) is 3.08. The summed E-state index contributed by atoms with van der Waals surface area (Å²) in [5.74, 6) is -0.748. The van der Waals surface area contributed by atoms with Gasteiger partial charge < -0.3 is 5.73 Å². The van der Waals surface area contributed by atoms with E-state index >= 15 is 0 Å². The lowest BCUT2D eigenvalue weighted by Crippen LogP contribution is -2.28. The van der Waals surface area contributed by atoms with E-state index in [-0.39, 0.29) is 25.7 Å². The van der Waals surface area contributed by atoms with Crippen LogP contribution in [0.15, 0.2) is 46.4 Å². The van der Waals surface area contributed by atoms with Crippen molar-refractivity contribution in [2.45, 2.75) is 11.8 Å². The summed E-state index contributed by atoms with van der Waals surface area (Å²) in [5.41, 5.74) is 5.43. The lowest BCUT2D eigenvalue weighted by atomic mass is 10.2. The van der Waals surface area contributed by atoms with Crippen molar-refractivity contribution in [3.05, 3.63) is 67.7 Å². The van der Waals surface area contributed by atoms with E-state index in [4.69, 9.17) is 44.1 Å². The Morgan fingerprint density at radius 2 is 1.86 bits per heavy atom. The van der Waals surface area contributed by atoms with Gasteiger partial charge in [0.2, 0.25) is 5.96 Å². The van der Waals surface area contributed by atoms with Crippen LogP contribution < -0.4 is 5.73 Å². The Balaban J connectivity index is 0.000000326. The second kappa shape index (κ2) is 10.1. The topological polar surface area (TPSA) is 183 Å². The van der Waals surface area contributed by atoms with Gasteiger partial charge in [0.15, 0.2) is 0 Å². The molecule has 0 bridgehead atoms. The SMILES string of the molecule is Cc1ccc(S(=O)(=O)O)cc1.N=C(N)N(O)/N=C/c1cc(Cl)cc(Cl)c1[N+](=O)[O-]. The predicted octanol–water partition coefficient (Wildman–Crippen LogP) is 3.06. The number of nitrogens with two attached hydrogens (primary N) is 1. The van der Waals surface area contributed by atoms with Crippen LogP contribution in [-0.4, -0.2) is 40.4 Å². The first kappa shape index (κ1) is 24.3. The summed E-state index contributed by atoms with van der Waals surface area (Å²) in [7, 11) is -4.02. The second-order valence-corrected chi connectivity index (χ2v) is 7.56. The van der Waals surface area contributed by atoms with Gasteiger partial charge in [-0.3, -0.25) is 25.3 Å². The molecule has 0 spiro atoms. The van der Waals surface area contributed by atoms with E-state index in [0.29, 0.717) is 0 Å². The smallest absolute Gasteiger partial charge is 0.296 e. The van der Waals surface area contributed by atoms with Crippen molar-refractivity contribution >= 4 is 51.2 Å². The second-order valence-electron chi connectivity index (χ2n) is 5.29. The Hall–Kier alpha value is -2.77. The lowest BCUT2D eigenvalue weighted by molar-refractivity contribution is -0.384. The highest BCUT2D eigenvalue weighted by Crippen LogP contribution is 2.30. The average Bonchev–Trinajstić information content (AvgIpc) is 2.58. The molecule has 0 aliphatic carbocycles. The summed E-state index contributed by atoms with van der Waals surface area (Å²) >= 11 is 11.4. The summed E-state index contributed by atoms with van der Waals surface area (Å²) in [6.45, 7) is 1.84. The van der Waals surface area contributed by atoms with Gasteiger partial charge in [0.1, 0.15) is 5.02 Å². The molecule has 0 atom stereocenters. The standard InChI is InChI=1S/C8H7Cl2N5O3.C7H8O3S/c9-5-1-4(3-13-14(16)8(11)12)7(15(17)18)6(10)2-5;1-6-2-4-7(5-3-6)11(8,9)10/h1-3,16H,(H3,11,12);2-5H,1H3,(H,8,9,10)/b13-3+;. The normalized spacial score (nSPS) is 10.9. The van der Waals surface area contributed by atoms with Gasteiger partial charge in [-0.15, -0.1) is 5.17 Å². The number of benzene rings is 2. The maximum Gasteiger partial charge on any atom is 0.296 e. The molecule has 0 saturated heterocycles. The van der Waals surface area contributed by atoms with Crippen molar-refractivity contribution in [1.82, 2.24) is 5.17 Å². The molecule has 2 aromatic carbocycles.